The second kappa shape index (κ2) is 5.56. The number of benzene rings is 1. The molecule has 0 spiro atoms. The Kier molecular flexibility index (Phi) is 3.70. The Hall–Kier alpha value is -2.59. The number of nitrogens with zero attached hydrogens (tertiary/aromatic N) is 2. The molecule has 1 aromatic carbocycles. The van der Waals surface area contributed by atoms with Gasteiger partial charge in [0, 0.05) is 17.5 Å². The minimum Gasteiger partial charge on any atom is -0.383 e. The standard InChI is InChI=1S/C16H12F3N3O/c17-16(18,19)10-3-1-2-9(6-10)14-11(7-20)15(21)22-13-4-5-23-8-12(13)14/h1-3,6H,4-5,8H2,(H2,21,22). The Labute approximate surface area is 130 Å². The van der Waals surface area contributed by atoms with E-state index in [4.69, 9.17) is 10.5 Å². The van der Waals surface area contributed by atoms with E-state index in [-0.39, 0.29) is 23.6 Å². The van der Waals surface area contributed by atoms with Crippen LogP contribution in [0.15, 0.2) is 24.3 Å². The summed E-state index contributed by atoms with van der Waals surface area (Å²) in [6.07, 6.45) is -3.95. The van der Waals surface area contributed by atoms with E-state index in [0.717, 1.165) is 12.1 Å². The quantitative estimate of drug-likeness (QED) is 0.875. The van der Waals surface area contributed by atoms with Crippen molar-refractivity contribution in [2.45, 2.75) is 19.2 Å². The number of nitrogen functional groups attached to an aromatic ring is 1. The van der Waals surface area contributed by atoms with Gasteiger partial charge >= 0.3 is 6.18 Å². The van der Waals surface area contributed by atoms with Crippen LogP contribution in [0, 0.1) is 11.3 Å². The number of hydrogen-bond donors (Lipinski definition) is 1. The van der Waals surface area contributed by atoms with E-state index < -0.39 is 11.7 Å². The molecule has 0 saturated carbocycles. The van der Waals surface area contributed by atoms with Crippen LogP contribution in [0.25, 0.3) is 11.1 Å². The largest absolute Gasteiger partial charge is 0.416 e. The van der Waals surface area contributed by atoms with Crippen molar-refractivity contribution in [3.05, 3.63) is 46.6 Å². The van der Waals surface area contributed by atoms with Crippen molar-refractivity contribution in [1.29, 1.82) is 5.26 Å². The average Bonchev–Trinajstić information content (AvgIpc) is 2.53. The number of alkyl halides is 3. The first-order valence-electron chi connectivity index (χ1n) is 6.88. The average molecular weight is 319 g/mol. The van der Waals surface area contributed by atoms with E-state index >= 15 is 0 Å². The van der Waals surface area contributed by atoms with Crippen LogP contribution >= 0.6 is 0 Å². The van der Waals surface area contributed by atoms with E-state index in [9.17, 15) is 18.4 Å². The molecule has 0 saturated heterocycles. The zero-order chi connectivity index (χ0) is 16.6. The summed E-state index contributed by atoms with van der Waals surface area (Å²) < 4.78 is 44.3. The van der Waals surface area contributed by atoms with E-state index in [2.05, 4.69) is 4.98 Å². The normalized spacial score (nSPS) is 14.2. The Morgan fingerprint density at radius 2 is 2.09 bits per heavy atom. The Morgan fingerprint density at radius 1 is 1.30 bits per heavy atom. The fourth-order valence-electron chi connectivity index (χ4n) is 2.68. The number of nitrogens with two attached hydrogens (primary N) is 1. The molecular formula is C16H12F3N3O. The number of fused-ring (bicyclic) bond motifs is 1. The van der Waals surface area contributed by atoms with E-state index in [1.807, 2.05) is 6.07 Å². The monoisotopic (exact) mass is 319 g/mol. The SMILES string of the molecule is N#Cc1c(N)nc2c(c1-c1cccc(C(F)(F)F)c1)COCC2. The van der Waals surface area contributed by atoms with Crippen molar-refractivity contribution in [3.8, 4) is 17.2 Å². The Balaban J connectivity index is 2.28. The highest BCUT2D eigenvalue weighted by molar-refractivity contribution is 5.79. The van der Waals surface area contributed by atoms with Gasteiger partial charge in [0.1, 0.15) is 17.5 Å². The fraction of sp³-hybridized carbons (Fsp3) is 0.250. The Bertz CT molecular complexity index is 809. The molecule has 7 heteroatoms. The molecule has 3 rings (SSSR count). The van der Waals surface area contributed by atoms with Crippen molar-refractivity contribution in [3.63, 3.8) is 0 Å². The van der Waals surface area contributed by atoms with E-state index in [0.29, 0.717) is 29.8 Å². The second-order valence-electron chi connectivity index (χ2n) is 5.17. The van der Waals surface area contributed by atoms with Gasteiger partial charge in [0.15, 0.2) is 0 Å². The lowest BCUT2D eigenvalue weighted by Gasteiger charge is -2.21. The van der Waals surface area contributed by atoms with Gasteiger partial charge < -0.3 is 10.5 Å². The van der Waals surface area contributed by atoms with Crippen LogP contribution in [0.3, 0.4) is 0 Å². The molecule has 0 amide bonds. The minimum atomic E-state index is -4.46. The molecule has 1 aromatic heterocycles. The maximum absolute atomic E-state index is 13.0. The highest BCUT2D eigenvalue weighted by Gasteiger charge is 2.31. The van der Waals surface area contributed by atoms with Gasteiger partial charge in [0.2, 0.25) is 0 Å². The maximum atomic E-state index is 13.0. The minimum absolute atomic E-state index is 0.0283. The second-order valence-corrected chi connectivity index (χ2v) is 5.17. The lowest BCUT2D eigenvalue weighted by Crippen LogP contribution is -2.16. The van der Waals surface area contributed by atoms with Crippen molar-refractivity contribution in [1.82, 2.24) is 4.98 Å². The zero-order valence-corrected chi connectivity index (χ0v) is 11.9. The third-order valence-corrected chi connectivity index (χ3v) is 3.73. The number of ether oxygens (including phenoxy) is 1. The molecular weight excluding hydrogens is 307 g/mol. The Morgan fingerprint density at radius 3 is 2.78 bits per heavy atom. The van der Waals surface area contributed by atoms with Crippen molar-refractivity contribution >= 4 is 5.82 Å². The third-order valence-electron chi connectivity index (χ3n) is 3.73. The predicted octanol–water partition coefficient (Wildman–Crippen LogP) is 3.29. The first-order valence-corrected chi connectivity index (χ1v) is 6.88. The van der Waals surface area contributed by atoms with Crippen LogP contribution in [0.1, 0.15) is 22.4 Å². The van der Waals surface area contributed by atoms with Gasteiger partial charge in [0.05, 0.1) is 24.5 Å². The smallest absolute Gasteiger partial charge is 0.383 e. The lowest BCUT2D eigenvalue weighted by molar-refractivity contribution is -0.137. The summed E-state index contributed by atoms with van der Waals surface area (Å²) in [6.45, 7) is 0.663. The lowest BCUT2D eigenvalue weighted by atomic mass is 9.92. The highest BCUT2D eigenvalue weighted by atomic mass is 19.4. The van der Waals surface area contributed by atoms with Crippen LogP contribution in [-0.4, -0.2) is 11.6 Å². The molecule has 0 bridgehead atoms. The summed E-state index contributed by atoms with van der Waals surface area (Å²) >= 11 is 0. The number of pyridine rings is 1. The molecule has 4 nitrogen and oxygen atoms in total. The van der Waals surface area contributed by atoms with Gasteiger partial charge in [-0.05, 0) is 17.7 Å². The van der Waals surface area contributed by atoms with Gasteiger partial charge in [-0.1, -0.05) is 12.1 Å². The molecule has 118 valence electrons. The van der Waals surface area contributed by atoms with Crippen LogP contribution in [0.2, 0.25) is 0 Å². The molecule has 0 radical (unpaired) electrons. The number of halogens is 3. The maximum Gasteiger partial charge on any atom is 0.416 e. The number of nitriles is 1. The zero-order valence-electron chi connectivity index (χ0n) is 11.9. The number of rotatable bonds is 1. The molecule has 2 heterocycles. The summed E-state index contributed by atoms with van der Waals surface area (Å²) in [7, 11) is 0. The number of aromatic nitrogens is 1. The molecule has 0 unspecified atom stereocenters. The van der Waals surface area contributed by atoms with E-state index in [1.165, 1.54) is 12.1 Å². The van der Waals surface area contributed by atoms with Crippen LogP contribution in [0.5, 0.6) is 0 Å². The van der Waals surface area contributed by atoms with Gasteiger partial charge in [0.25, 0.3) is 0 Å². The molecule has 1 aliphatic rings. The third kappa shape index (κ3) is 2.73. The molecule has 2 aromatic rings. The van der Waals surface area contributed by atoms with Crippen molar-refractivity contribution in [2.75, 3.05) is 12.3 Å². The molecule has 0 atom stereocenters. The van der Waals surface area contributed by atoms with Crippen LogP contribution < -0.4 is 5.73 Å². The van der Waals surface area contributed by atoms with Gasteiger partial charge in [-0.15, -0.1) is 0 Å². The molecule has 23 heavy (non-hydrogen) atoms. The number of hydrogen-bond acceptors (Lipinski definition) is 4. The number of anilines is 1. The van der Waals surface area contributed by atoms with Gasteiger partial charge in [-0.2, -0.15) is 18.4 Å². The van der Waals surface area contributed by atoms with Crippen molar-refractivity contribution in [2.24, 2.45) is 0 Å². The summed E-state index contributed by atoms with van der Waals surface area (Å²) in [5, 5.41) is 9.36. The van der Waals surface area contributed by atoms with Crippen LogP contribution in [0.4, 0.5) is 19.0 Å². The fourth-order valence-corrected chi connectivity index (χ4v) is 2.68. The molecule has 0 fully saturated rings. The summed E-state index contributed by atoms with van der Waals surface area (Å²) in [5.74, 6) is 0.0283. The van der Waals surface area contributed by atoms with E-state index in [1.54, 1.807) is 0 Å². The first-order chi connectivity index (χ1) is 10.9. The van der Waals surface area contributed by atoms with Gasteiger partial charge in [-0.25, -0.2) is 4.98 Å². The molecule has 1 aliphatic heterocycles. The molecule has 0 aliphatic carbocycles. The van der Waals surface area contributed by atoms with Gasteiger partial charge in [-0.3, -0.25) is 0 Å². The topological polar surface area (TPSA) is 71.9 Å². The summed E-state index contributed by atoms with van der Waals surface area (Å²) in [5.41, 5.74) is 7.07. The molecule has 2 N–H and O–H groups in total. The van der Waals surface area contributed by atoms with Crippen molar-refractivity contribution < 1.29 is 17.9 Å². The first kappa shape index (κ1) is 15.3. The summed E-state index contributed by atoms with van der Waals surface area (Å²) in [4.78, 5) is 4.19. The highest BCUT2D eigenvalue weighted by Crippen LogP contribution is 2.37. The summed E-state index contributed by atoms with van der Waals surface area (Å²) in [6, 6.07) is 6.79. The van der Waals surface area contributed by atoms with Crippen LogP contribution in [-0.2, 0) is 23.9 Å². The predicted molar refractivity (Wildman–Crippen MR) is 77.2 cm³/mol.